The van der Waals surface area contributed by atoms with E-state index >= 15 is 0 Å². The number of likely N-dealkylation sites (tertiary alicyclic amines) is 2. The molecule has 106 valence electrons. The molecule has 3 amide bonds. The van der Waals surface area contributed by atoms with E-state index < -0.39 is 0 Å². The van der Waals surface area contributed by atoms with Gasteiger partial charge in [-0.15, -0.1) is 0 Å². The Hall–Kier alpha value is -1.43. The van der Waals surface area contributed by atoms with Crippen molar-refractivity contribution >= 4 is 17.7 Å². The lowest BCUT2D eigenvalue weighted by Crippen LogP contribution is -2.47. The molecule has 0 N–H and O–H groups in total. The molecule has 2 aliphatic heterocycles. The number of hydrogen-bond donors (Lipinski definition) is 0. The van der Waals surface area contributed by atoms with E-state index in [1.54, 1.807) is 12.0 Å². The molecule has 2 saturated heterocycles. The van der Waals surface area contributed by atoms with Crippen molar-refractivity contribution < 1.29 is 19.1 Å². The maximum atomic E-state index is 12.1. The lowest BCUT2D eigenvalue weighted by molar-refractivity contribution is -0.146. The summed E-state index contributed by atoms with van der Waals surface area (Å²) in [6, 6.07) is 0. The second kappa shape index (κ2) is 6.14. The van der Waals surface area contributed by atoms with Gasteiger partial charge in [-0.3, -0.25) is 19.3 Å². The Morgan fingerprint density at radius 1 is 1.32 bits per heavy atom. The average Bonchev–Trinajstić information content (AvgIpc) is 2.71. The lowest BCUT2D eigenvalue weighted by Gasteiger charge is -2.33. The SMILES string of the molecule is COCC1CCCN(C(=O)CN2C(=O)CCC2=O)C1. The third-order valence-electron chi connectivity index (χ3n) is 3.72. The quantitative estimate of drug-likeness (QED) is 0.674. The maximum absolute atomic E-state index is 12.1. The molecular formula is C13H20N2O4. The number of nitrogens with zero attached hydrogens (tertiary/aromatic N) is 2. The summed E-state index contributed by atoms with van der Waals surface area (Å²) in [6.45, 7) is 1.90. The first-order valence-corrected chi connectivity index (χ1v) is 6.71. The summed E-state index contributed by atoms with van der Waals surface area (Å²) in [5.74, 6) is -0.246. The predicted octanol–water partition coefficient (Wildman–Crippen LogP) is 0.0204. The lowest BCUT2D eigenvalue weighted by atomic mass is 9.99. The number of piperidine rings is 1. The van der Waals surface area contributed by atoms with E-state index in [1.807, 2.05) is 0 Å². The molecule has 0 radical (unpaired) electrons. The average molecular weight is 268 g/mol. The fourth-order valence-corrected chi connectivity index (χ4v) is 2.70. The number of hydrogen-bond acceptors (Lipinski definition) is 4. The summed E-state index contributed by atoms with van der Waals surface area (Å²) >= 11 is 0. The van der Waals surface area contributed by atoms with Crippen molar-refractivity contribution in [2.75, 3.05) is 33.4 Å². The zero-order chi connectivity index (χ0) is 13.8. The van der Waals surface area contributed by atoms with Crippen molar-refractivity contribution in [3.63, 3.8) is 0 Å². The van der Waals surface area contributed by atoms with E-state index in [-0.39, 0.29) is 37.1 Å². The van der Waals surface area contributed by atoms with Crippen LogP contribution >= 0.6 is 0 Å². The maximum Gasteiger partial charge on any atom is 0.242 e. The molecule has 6 nitrogen and oxygen atoms in total. The Kier molecular flexibility index (Phi) is 4.52. The third-order valence-corrected chi connectivity index (χ3v) is 3.72. The molecule has 2 fully saturated rings. The van der Waals surface area contributed by atoms with Gasteiger partial charge in [-0.2, -0.15) is 0 Å². The highest BCUT2D eigenvalue weighted by Gasteiger charge is 2.32. The Morgan fingerprint density at radius 3 is 2.63 bits per heavy atom. The van der Waals surface area contributed by atoms with Gasteiger partial charge in [-0.1, -0.05) is 0 Å². The van der Waals surface area contributed by atoms with Crippen LogP contribution in [0.1, 0.15) is 25.7 Å². The second-order valence-electron chi connectivity index (χ2n) is 5.18. The fourth-order valence-electron chi connectivity index (χ4n) is 2.70. The van der Waals surface area contributed by atoms with Crippen LogP contribution < -0.4 is 0 Å². The van der Waals surface area contributed by atoms with Gasteiger partial charge >= 0.3 is 0 Å². The van der Waals surface area contributed by atoms with Gasteiger partial charge in [-0.05, 0) is 18.8 Å². The van der Waals surface area contributed by atoms with Crippen LogP contribution in [0.25, 0.3) is 0 Å². The molecule has 0 aromatic heterocycles. The van der Waals surface area contributed by atoms with E-state index in [9.17, 15) is 14.4 Å². The van der Waals surface area contributed by atoms with E-state index in [0.717, 1.165) is 17.7 Å². The highest BCUT2D eigenvalue weighted by atomic mass is 16.5. The first-order valence-electron chi connectivity index (χ1n) is 6.71. The number of rotatable bonds is 4. The predicted molar refractivity (Wildman–Crippen MR) is 67.1 cm³/mol. The summed E-state index contributed by atoms with van der Waals surface area (Å²) in [5, 5.41) is 0. The second-order valence-corrected chi connectivity index (χ2v) is 5.18. The first-order chi connectivity index (χ1) is 9.11. The minimum atomic E-state index is -0.233. The number of amides is 3. The first kappa shape index (κ1) is 14.0. The van der Waals surface area contributed by atoms with Crippen LogP contribution in [0.3, 0.4) is 0 Å². The van der Waals surface area contributed by atoms with Crippen LogP contribution in [-0.2, 0) is 19.1 Å². The highest BCUT2D eigenvalue weighted by Crippen LogP contribution is 2.18. The standard InChI is InChI=1S/C13H20N2O4/c1-19-9-10-3-2-6-14(7-10)13(18)8-15-11(16)4-5-12(15)17/h10H,2-9H2,1H3. The van der Waals surface area contributed by atoms with Gasteiger partial charge in [0, 0.05) is 33.0 Å². The molecule has 0 aromatic carbocycles. The number of carbonyl (C=O) groups is 3. The summed E-state index contributed by atoms with van der Waals surface area (Å²) in [5.41, 5.74) is 0. The molecule has 0 aromatic rings. The van der Waals surface area contributed by atoms with E-state index in [0.29, 0.717) is 25.6 Å². The van der Waals surface area contributed by atoms with Crippen LogP contribution in [0, 0.1) is 5.92 Å². The number of methoxy groups -OCH3 is 1. The van der Waals surface area contributed by atoms with Crippen molar-refractivity contribution in [2.45, 2.75) is 25.7 Å². The number of ether oxygens (including phenoxy) is 1. The molecule has 2 heterocycles. The summed E-state index contributed by atoms with van der Waals surface area (Å²) in [6.07, 6.45) is 2.47. The molecule has 1 unspecified atom stereocenters. The molecule has 19 heavy (non-hydrogen) atoms. The Morgan fingerprint density at radius 2 is 2.00 bits per heavy atom. The summed E-state index contributed by atoms with van der Waals surface area (Å²) < 4.78 is 5.12. The largest absolute Gasteiger partial charge is 0.384 e. The molecule has 6 heteroatoms. The molecule has 0 aliphatic carbocycles. The molecule has 0 bridgehead atoms. The van der Waals surface area contributed by atoms with E-state index in [4.69, 9.17) is 4.74 Å². The van der Waals surface area contributed by atoms with Crippen LogP contribution in [0.4, 0.5) is 0 Å². The zero-order valence-corrected chi connectivity index (χ0v) is 11.3. The molecule has 2 aliphatic rings. The minimum Gasteiger partial charge on any atom is -0.384 e. The summed E-state index contributed by atoms with van der Waals surface area (Å²) in [4.78, 5) is 37.9. The van der Waals surface area contributed by atoms with Gasteiger partial charge in [0.25, 0.3) is 0 Å². The van der Waals surface area contributed by atoms with Crippen LogP contribution in [-0.4, -0.2) is 60.9 Å². The topological polar surface area (TPSA) is 66.9 Å². The van der Waals surface area contributed by atoms with E-state index in [2.05, 4.69) is 0 Å². The van der Waals surface area contributed by atoms with Gasteiger partial charge < -0.3 is 9.64 Å². The Balaban J connectivity index is 1.88. The molecule has 0 saturated carbocycles. The monoisotopic (exact) mass is 268 g/mol. The van der Waals surface area contributed by atoms with Gasteiger partial charge in [0.15, 0.2) is 0 Å². The third kappa shape index (κ3) is 3.32. The van der Waals surface area contributed by atoms with Crippen molar-refractivity contribution in [3.8, 4) is 0 Å². The molecule has 2 rings (SSSR count). The smallest absolute Gasteiger partial charge is 0.242 e. The normalized spacial score (nSPS) is 24.2. The zero-order valence-electron chi connectivity index (χ0n) is 11.3. The van der Waals surface area contributed by atoms with Crippen LogP contribution in [0.2, 0.25) is 0 Å². The highest BCUT2D eigenvalue weighted by molar-refractivity contribution is 6.04. The fraction of sp³-hybridized carbons (Fsp3) is 0.769. The van der Waals surface area contributed by atoms with Crippen LogP contribution in [0.15, 0.2) is 0 Å². The van der Waals surface area contributed by atoms with Gasteiger partial charge in [0.05, 0.1) is 6.61 Å². The Labute approximate surface area is 112 Å². The van der Waals surface area contributed by atoms with Crippen molar-refractivity contribution in [1.29, 1.82) is 0 Å². The summed E-state index contributed by atoms with van der Waals surface area (Å²) in [7, 11) is 1.66. The van der Waals surface area contributed by atoms with E-state index in [1.165, 1.54) is 0 Å². The molecule has 1 atom stereocenters. The van der Waals surface area contributed by atoms with Crippen molar-refractivity contribution in [3.05, 3.63) is 0 Å². The van der Waals surface area contributed by atoms with Crippen LogP contribution in [0.5, 0.6) is 0 Å². The van der Waals surface area contributed by atoms with Crippen molar-refractivity contribution in [1.82, 2.24) is 9.80 Å². The molecule has 0 spiro atoms. The van der Waals surface area contributed by atoms with Gasteiger partial charge in [0.1, 0.15) is 6.54 Å². The van der Waals surface area contributed by atoms with Crippen molar-refractivity contribution in [2.24, 2.45) is 5.92 Å². The number of carbonyl (C=O) groups excluding carboxylic acids is 3. The minimum absolute atomic E-state index is 0.0998. The van der Waals surface area contributed by atoms with Gasteiger partial charge in [-0.25, -0.2) is 0 Å². The van der Waals surface area contributed by atoms with Gasteiger partial charge in [0.2, 0.25) is 17.7 Å². The number of imide groups is 1. The Bertz CT molecular complexity index is 365. The molecular weight excluding hydrogens is 248 g/mol.